The maximum atomic E-state index is 13.6. The Kier molecular flexibility index (Phi) is 8.16. The lowest BCUT2D eigenvalue weighted by molar-refractivity contribution is -0.140. The molecule has 1 atom stereocenters. The molecule has 1 aromatic heterocycles. The molecule has 0 radical (unpaired) electrons. The fraction of sp³-hybridized carbons (Fsp3) is 0.259. The molecule has 0 spiro atoms. The minimum Gasteiger partial charge on any atom is -0.383 e. The summed E-state index contributed by atoms with van der Waals surface area (Å²) in [5, 5.41) is 2.73. The highest BCUT2D eigenvalue weighted by Gasteiger charge is 2.33. The van der Waals surface area contributed by atoms with Gasteiger partial charge in [0, 0.05) is 36.2 Å². The molecule has 0 N–H and O–H groups in total. The van der Waals surface area contributed by atoms with Gasteiger partial charge < -0.3 is 14.5 Å². The van der Waals surface area contributed by atoms with E-state index in [1.807, 2.05) is 59.5 Å². The predicted molar refractivity (Wildman–Crippen MR) is 137 cm³/mol. The van der Waals surface area contributed by atoms with Crippen LogP contribution < -0.4 is 0 Å². The fourth-order valence-electron chi connectivity index (χ4n) is 4.15. The number of hydrogen-bond donors (Lipinski definition) is 0. The summed E-state index contributed by atoms with van der Waals surface area (Å²) in [5.74, 6) is -0.306. The molecule has 2 aromatic carbocycles. The van der Waals surface area contributed by atoms with E-state index in [1.165, 1.54) is 11.0 Å². The molecule has 2 amide bonds. The number of benzene rings is 2. The van der Waals surface area contributed by atoms with Crippen LogP contribution >= 0.6 is 22.9 Å². The number of carbonyl (C=O) groups is 2. The summed E-state index contributed by atoms with van der Waals surface area (Å²) in [6.45, 7) is 1.29. The van der Waals surface area contributed by atoms with Crippen LogP contribution in [0.1, 0.15) is 27.6 Å². The predicted octanol–water partition coefficient (Wildman–Crippen LogP) is 5.06. The van der Waals surface area contributed by atoms with Crippen molar-refractivity contribution in [2.24, 2.45) is 0 Å². The average Bonchev–Trinajstić information content (AvgIpc) is 3.34. The summed E-state index contributed by atoms with van der Waals surface area (Å²) in [7, 11) is 1.59. The van der Waals surface area contributed by atoms with Crippen molar-refractivity contribution in [1.82, 2.24) is 9.80 Å². The van der Waals surface area contributed by atoms with Crippen molar-refractivity contribution < 1.29 is 14.3 Å². The standard InChI is InChI=1S/C27H27ClN2O3S/c1-33-17-16-29(25(31)12-7-20-5-3-2-4-6-20)19-26(32)30-15-13-24-23(14-18-34-24)27(30)21-8-10-22(28)11-9-21/h2-12,14,18,27H,13,15-17,19H2,1H3/b12-7+. The Balaban J connectivity index is 1.55. The normalized spacial score (nSPS) is 15.4. The molecule has 1 aliphatic rings. The first kappa shape index (κ1) is 24.2. The number of methoxy groups -OCH3 is 1. The summed E-state index contributed by atoms with van der Waals surface area (Å²) in [4.78, 5) is 31.3. The summed E-state index contributed by atoms with van der Waals surface area (Å²) < 4.78 is 5.20. The lowest BCUT2D eigenvalue weighted by atomic mass is 9.93. The molecule has 0 saturated heterocycles. The van der Waals surface area contributed by atoms with Gasteiger partial charge >= 0.3 is 0 Å². The third-order valence-corrected chi connectivity index (χ3v) is 7.14. The molecule has 1 aliphatic heterocycles. The van der Waals surface area contributed by atoms with Gasteiger partial charge in [-0.2, -0.15) is 0 Å². The van der Waals surface area contributed by atoms with Crippen LogP contribution in [0, 0.1) is 0 Å². The van der Waals surface area contributed by atoms with Crippen LogP contribution in [-0.2, 0) is 20.7 Å². The molecule has 4 rings (SSSR count). The molecule has 0 aliphatic carbocycles. The average molecular weight is 495 g/mol. The summed E-state index contributed by atoms with van der Waals surface area (Å²) in [6, 6.07) is 19.2. The van der Waals surface area contributed by atoms with Crippen LogP contribution in [0.3, 0.4) is 0 Å². The van der Waals surface area contributed by atoms with Gasteiger partial charge in [-0.1, -0.05) is 54.1 Å². The van der Waals surface area contributed by atoms with Crippen molar-refractivity contribution in [1.29, 1.82) is 0 Å². The zero-order chi connectivity index (χ0) is 23.9. The van der Waals surface area contributed by atoms with Crippen LogP contribution in [0.4, 0.5) is 0 Å². The van der Waals surface area contributed by atoms with Gasteiger partial charge in [-0.05, 0) is 52.8 Å². The molecule has 2 heterocycles. The fourth-order valence-corrected chi connectivity index (χ4v) is 5.18. The molecular formula is C27H27ClN2O3S. The molecule has 176 valence electrons. The van der Waals surface area contributed by atoms with Gasteiger partial charge in [0.1, 0.15) is 6.54 Å². The number of hydrogen-bond acceptors (Lipinski definition) is 4. The van der Waals surface area contributed by atoms with E-state index < -0.39 is 0 Å². The number of fused-ring (bicyclic) bond motifs is 1. The van der Waals surface area contributed by atoms with Gasteiger partial charge in [-0.25, -0.2) is 0 Å². The first-order chi connectivity index (χ1) is 16.6. The molecule has 3 aromatic rings. The zero-order valence-corrected chi connectivity index (χ0v) is 20.6. The van der Waals surface area contributed by atoms with Crippen molar-refractivity contribution in [3.05, 3.63) is 98.7 Å². The van der Waals surface area contributed by atoms with Gasteiger partial charge in [0.2, 0.25) is 11.8 Å². The first-order valence-corrected chi connectivity index (χ1v) is 12.4. The van der Waals surface area contributed by atoms with E-state index in [4.69, 9.17) is 16.3 Å². The van der Waals surface area contributed by atoms with Crippen molar-refractivity contribution in [2.75, 3.05) is 33.4 Å². The van der Waals surface area contributed by atoms with E-state index in [-0.39, 0.29) is 24.4 Å². The van der Waals surface area contributed by atoms with Gasteiger partial charge in [-0.15, -0.1) is 11.3 Å². The number of nitrogens with zero attached hydrogens (tertiary/aromatic N) is 2. The zero-order valence-electron chi connectivity index (χ0n) is 19.0. The second-order valence-electron chi connectivity index (χ2n) is 8.09. The minimum atomic E-state index is -0.217. The first-order valence-electron chi connectivity index (χ1n) is 11.2. The Morgan fingerprint density at radius 2 is 1.91 bits per heavy atom. The van der Waals surface area contributed by atoms with E-state index >= 15 is 0 Å². The molecule has 7 heteroatoms. The van der Waals surface area contributed by atoms with Crippen LogP contribution in [0.15, 0.2) is 72.1 Å². The number of rotatable bonds is 8. The van der Waals surface area contributed by atoms with Crippen LogP contribution in [0.5, 0.6) is 0 Å². The van der Waals surface area contributed by atoms with Crippen LogP contribution in [-0.4, -0.2) is 55.0 Å². The highest BCUT2D eigenvalue weighted by molar-refractivity contribution is 7.10. The Morgan fingerprint density at radius 3 is 2.65 bits per heavy atom. The van der Waals surface area contributed by atoms with E-state index in [9.17, 15) is 9.59 Å². The molecule has 34 heavy (non-hydrogen) atoms. The summed E-state index contributed by atoms with van der Waals surface area (Å²) >= 11 is 7.83. The smallest absolute Gasteiger partial charge is 0.247 e. The SMILES string of the molecule is COCCN(CC(=O)N1CCc2sccc2C1c1ccc(Cl)cc1)C(=O)/C=C/c1ccccc1. The molecule has 0 saturated carbocycles. The van der Waals surface area contributed by atoms with Gasteiger partial charge in [0.25, 0.3) is 0 Å². The largest absolute Gasteiger partial charge is 0.383 e. The highest BCUT2D eigenvalue weighted by Crippen LogP contribution is 2.38. The van der Waals surface area contributed by atoms with Gasteiger partial charge in [0.15, 0.2) is 0 Å². The Hall–Kier alpha value is -2.93. The number of thiophene rings is 1. The van der Waals surface area contributed by atoms with Crippen molar-refractivity contribution in [3.63, 3.8) is 0 Å². The van der Waals surface area contributed by atoms with E-state index in [1.54, 1.807) is 29.4 Å². The van der Waals surface area contributed by atoms with Crippen molar-refractivity contribution in [3.8, 4) is 0 Å². The Morgan fingerprint density at radius 1 is 1.15 bits per heavy atom. The van der Waals surface area contributed by atoms with Gasteiger partial charge in [0.05, 0.1) is 12.6 Å². The quantitative estimate of drug-likeness (QED) is 0.411. The monoisotopic (exact) mass is 494 g/mol. The molecule has 1 unspecified atom stereocenters. The third-order valence-electron chi connectivity index (χ3n) is 5.89. The maximum Gasteiger partial charge on any atom is 0.247 e. The topological polar surface area (TPSA) is 49.9 Å². The second kappa shape index (κ2) is 11.5. The minimum absolute atomic E-state index is 0.00904. The Bertz CT molecular complexity index is 1140. The van der Waals surface area contributed by atoms with E-state index in [2.05, 4.69) is 11.4 Å². The lowest BCUT2D eigenvalue weighted by Gasteiger charge is -2.37. The Labute approximate surface area is 209 Å². The third kappa shape index (κ3) is 5.76. The number of carbonyl (C=O) groups excluding carboxylic acids is 2. The van der Waals surface area contributed by atoms with Crippen molar-refractivity contribution in [2.45, 2.75) is 12.5 Å². The van der Waals surface area contributed by atoms with Crippen LogP contribution in [0.2, 0.25) is 5.02 Å². The van der Waals surface area contributed by atoms with E-state index in [0.717, 1.165) is 23.1 Å². The second-order valence-corrected chi connectivity index (χ2v) is 9.52. The van der Waals surface area contributed by atoms with Gasteiger partial charge in [-0.3, -0.25) is 9.59 Å². The maximum absolute atomic E-state index is 13.6. The van der Waals surface area contributed by atoms with Crippen LogP contribution in [0.25, 0.3) is 6.08 Å². The molecular weight excluding hydrogens is 468 g/mol. The lowest BCUT2D eigenvalue weighted by Crippen LogP contribution is -2.47. The molecule has 5 nitrogen and oxygen atoms in total. The summed E-state index contributed by atoms with van der Waals surface area (Å²) in [5.41, 5.74) is 3.08. The molecule has 0 fully saturated rings. The number of halogens is 1. The van der Waals surface area contributed by atoms with Crippen molar-refractivity contribution >= 4 is 40.8 Å². The molecule has 0 bridgehead atoms. The van der Waals surface area contributed by atoms with E-state index in [0.29, 0.717) is 24.7 Å². The number of amides is 2. The highest BCUT2D eigenvalue weighted by atomic mass is 35.5. The summed E-state index contributed by atoms with van der Waals surface area (Å²) in [6.07, 6.45) is 4.09. The number of ether oxygens (including phenoxy) is 1.